The first-order valence-corrected chi connectivity index (χ1v) is 6.72. The molecule has 3 rings (SSSR count). The minimum absolute atomic E-state index is 0.547. The summed E-state index contributed by atoms with van der Waals surface area (Å²) in [4.78, 5) is 8.92. The number of hydrogen-bond donors (Lipinski definition) is 3. The fourth-order valence-electron chi connectivity index (χ4n) is 2.30. The molecular weight excluding hydrogens is 232 g/mol. The molecule has 90 valence electrons. The topological polar surface area (TPSA) is 66.7 Å². The molecule has 4 N–H and O–H groups in total. The van der Waals surface area contributed by atoms with E-state index in [1.54, 1.807) is 11.3 Å². The normalized spacial score (nSPS) is 19.2. The molecule has 0 aliphatic heterocycles. The minimum Gasteiger partial charge on any atom is -0.375 e. The fourth-order valence-corrected chi connectivity index (χ4v) is 3.26. The second-order valence-electron chi connectivity index (χ2n) is 4.44. The third kappa shape index (κ3) is 2.35. The molecule has 1 aliphatic rings. The van der Waals surface area contributed by atoms with Crippen molar-refractivity contribution in [3.05, 3.63) is 34.6 Å². The van der Waals surface area contributed by atoms with Crippen LogP contribution in [0.25, 0.3) is 0 Å². The van der Waals surface area contributed by atoms with Crippen molar-refractivity contribution in [2.45, 2.75) is 31.8 Å². The van der Waals surface area contributed by atoms with Gasteiger partial charge in [0.1, 0.15) is 0 Å². The summed E-state index contributed by atoms with van der Waals surface area (Å²) in [5.74, 6) is 0. The molecule has 0 aromatic carbocycles. The zero-order valence-electron chi connectivity index (χ0n) is 9.57. The van der Waals surface area contributed by atoms with Gasteiger partial charge in [0.2, 0.25) is 0 Å². The van der Waals surface area contributed by atoms with E-state index in [1.165, 1.54) is 16.3 Å². The average Bonchev–Trinajstić information content (AvgIpc) is 2.92. The number of aromatic nitrogens is 2. The van der Waals surface area contributed by atoms with Crippen LogP contribution in [0.5, 0.6) is 0 Å². The molecule has 17 heavy (non-hydrogen) atoms. The summed E-state index contributed by atoms with van der Waals surface area (Å²) in [5.41, 5.74) is 8.19. The molecule has 0 saturated heterocycles. The predicted octanol–water partition coefficient (Wildman–Crippen LogP) is 1.70. The third-order valence-corrected chi connectivity index (χ3v) is 4.15. The minimum atomic E-state index is 0.547. The van der Waals surface area contributed by atoms with Crippen LogP contribution in [0, 0.1) is 0 Å². The maximum atomic E-state index is 5.74. The van der Waals surface area contributed by atoms with E-state index in [0.717, 1.165) is 25.8 Å². The molecule has 1 aliphatic carbocycles. The molecule has 2 aromatic rings. The van der Waals surface area contributed by atoms with Gasteiger partial charge in [0, 0.05) is 29.4 Å². The smallest absolute Gasteiger partial charge is 0.180 e. The van der Waals surface area contributed by atoms with Crippen LogP contribution >= 0.6 is 11.3 Å². The standard InChI is InChI=1S/C12H16N4S/c13-12-16-10-4-3-8(6-11(10)17-12)15-7-9-2-1-5-14-9/h1-2,5,8,14-15H,3-4,6-7H2,(H2,13,16). The Balaban J connectivity index is 1.60. The molecule has 2 heterocycles. The largest absolute Gasteiger partial charge is 0.375 e. The van der Waals surface area contributed by atoms with E-state index in [1.807, 2.05) is 12.3 Å². The van der Waals surface area contributed by atoms with Crippen molar-refractivity contribution in [3.63, 3.8) is 0 Å². The first kappa shape index (κ1) is 10.8. The van der Waals surface area contributed by atoms with E-state index >= 15 is 0 Å². The maximum Gasteiger partial charge on any atom is 0.180 e. The number of thiazole rings is 1. The average molecular weight is 248 g/mol. The number of nitrogens with one attached hydrogen (secondary N) is 2. The summed E-state index contributed by atoms with van der Waals surface area (Å²) >= 11 is 1.64. The number of hydrogen-bond acceptors (Lipinski definition) is 4. The van der Waals surface area contributed by atoms with Gasteiger partial charge in [0.25, 0.3) is 0 Å². The number of H-pyrrole nitrogens is 1. The number of aryl methyl sites for hydroxylation is 1. The lowest BCUT2D eigenvalue weighted by Gasteiger charge is -2.22. The monoisotopic (exact) mass is 248 g/mol. The second kappa shape index (κ2) is 4.50. The number of fused-ring (bicyclic) bond motifs is 1. The highest BCUT2D eigenvalue weighted by atomic mass is 32.1. The van der Waals surface area contributed by atoms with E-state index in [0.29, 0.717) is 11.2 Å². The van der Waals surface area contributed by atoms with Crippen LogP contribution in [0.4, 0.5) is 5.13 Å². The number of nitrogens with two attached hydrogens (primary N) is 1. The van der Waals surface area contributed by atoms with Crippen molar-refractivity contribution >= 4 is 16.5 Å². The number of anilines is 1. The Kier molecular flexibility index (Phi) is 2.86. The SMILES string of the molecule is Nc1nc2c(s1)CC(NCc1ccc[nH]1)CC2. The molecule has 4 nitrogen and oxygen atoms in total. The molecule has 0 fully saturated rings. The van der Waals surface area contributed by atoms with Crippen molar-refractivity contribution < 1.29 is 0 Å². The Morgan fingerprint density at radius 3 is 3.35 bits per heavy atom. The van der Waals surface area contributed by atoms with Gasteiger partial charge in [-0.25, -0.2) is 4.98 Å². The summed E-state index contributed by atoms with van der Waals surface area (Å²) < 4.78 is 0. The van der Waals surface area contributed by atoms with E-state index in [9.17, 15) is 0 Å². The van der Waals surface area contributed by atoms with Crippen molar-refractivity contribution in [1.82, 2.24) is 15.3 Å². The van der Waals surface area contributed by atoms with Crippen molar-refractivity contribution in [2.24, 2.45) is 0 Å². The van der Waals surface area contributed by atoms with Gasteiger partial charge in [-0.15, -0.1) is 11.3 Å². The highest BCUT2D eigenvalue weighted by Crippen LogP contribution is 2.28. The molecule has 0 bridgehead atoms. The highest BCUT2D eigenvalue weighted by Gasteiger charge is 2.21. The zero-order chi connectivity index (χ0) is 11.7. The zero-order valence-corrected chi connectivity index (χ0v) is 10.4. The quantitative estimate of drug-likeness (QED) is 0.774. The number of rotatable bonds is 3. The molecule has 1 atom stereocenters. The Labute approximate surface area is 104 Å². The van der Waals surface area contributed by atoms with Gasteiger partial charge >= 0.3 is 0 Å². The summed E-state index contributed by atoms with van der Waals surface area (Å²) in [7, 11) is 0. The summed E-state index contributed by atoms with van der Waals surface area (Å²) in [6.07, 6.45) is 5.22. The number of nitrogens with zero attached hydrogens (tertiary/aromatic N) is 1. The maximum absolute atomic E-state index is 5.74. The molecule has 0 spiro atoms. The molecule has 1 unspecified atom stereocenters. The molecule has 0 saturated carbocycles. The summed E-state index contributed by atoms with van der Waals surface area (Å²) in [6.45, 7) is 0.904. The van der Waals surface area contributed by atoms with E-state index < -0.39 is 0 Å². The van der Waals surface area contributed by atoms with Gasteiger partial charge in [0.15, 0.2) is 5.13 Å². The van der Waals surface area contributed by atoms with Gasteiger partial charge in [-0.3, -0.25) is 0 Å². The Bertz CT molecular complexity index is 489. The summed E-state index contributed by atoms with van der Waals surface area (Å²) in [5, 5.41) is 4.29. The number of aromatic amines is 1. The number of nitrogen functional groups attached to an aromatic ring is 1. The highest BCUT2D eigenvalue weighted by molar-refractivity contribution is 7.15. The second-order valence-corrected chi connectivity index (χ2v) is 5.55. The lowest BCUT2D eigenvalue weighted by molar-refractivity contribution is 0.456. The molecular formula is C12H16N4S. The Morgan fingerprint density at radius 2 is 2.53 bits per heavy atom. The third-order valence-electron chi connectivity index (χ3n) is 3.20. The molecule has 2 aromatic heterocycles. The van der Waals surface area contributed by atoms with Crippen LogP contribution in [0.1, 0.15) is 22.7 Å². The van der Waals surface area contributed by atoms with Crippen molar-refractivity contribution in [3.8, 4) is 0 Å². The molecule has 0 amide bonds. The first-order chi connectivity index (χ1) is 8.31. The molecule has 5 heteroatoms. The fraction of sp³-hybridized carbons (Fsp3) is 0.417. The summed E-state index contributed by atoms with van der Waals surface area (Å²) in [6, 6.07) is 4.68. The Morgan fingerprint density at radius 1 is 1.59 bits per heavy atom. The van der Waals surface area contributed by atoms with Crippen LogP contribution in [-0.2, 0) is 19.4 Å². The van der Waals surface area contributed by atoms with Crippen LogP contribution < -0.4 is 11.1 Å². The van der Waals surface area contributed by atoms with Crippen molar-refractivity contribution in [1.29, 1.82) is 0 Å². The van der Waals surface area contributed by atoms with Crippen LogP contribution in [0.15, 0.2) is 18.3 Å². The van der Waals surface area contributed by atoms with Crippen LogP contribution in [0.3, 0.4) is 0 Å². The van der Waals surface area contributed by atoms with E-state index in [-0.39, 0.29) is 0 Å². The van der Waals surface area contributed by atoms with Gasteiger partial charge in [-0.2, -0.15) is 0 Å². The van der Waals surface area contributed by atoms with Crippen molar-refractivity contribution in [2.75, 3.05) is 5.73 Å². The van der Waals surface area contributed by atoms with E-state index in [2.05, 4.69) is 21.4 Å². The van der Waals surface area contributed by atoms with Gasteiger partial charge < -0.3 is 16.0 Å². The predicted molar refractivity (Wildman–Crippen MR) is 70.0 cm³/mol. The van der Waals surface area contributed by atoms with Crippen LogP contribution in [0.2, 0.25) is 0 Å². The van der Waals surface area contributed by atoms with Crippen LogP contribution in [-0.4, -0.2) is 16.0 Å². The lowest BCUT2D eigenvalue weighted by atomic mass is 9.98. The van der Waals surface area contributed by atoms with Gasteiger partial charge in [-0.1, -0.05) is 0 Å². The van der Waals surface area contributed by atoms with Gasteiger partial charge in [-0.05, 0) is 31.4 Å². The lowest BCUT2D eigenvalue weighted by Crippen LogP contribution is -2.33. The Hall–Kier alpha value is -1.33. The molecule has 0 radical (unpaired) electrons. The van der Waals surface area contributed by atoms with Gasteiger partial charge in [0.05, 0.1) is 5.69 Å². The first-order valence-electron chi connectivity index (χ1n) is 5.91. The van der Waals surface area contributed by atoms with E-state index in [4.69, 9.17) is 5.73 Å².